The minimum Gasteiger partial charge on any atom is -0.491 e. The molecule has 0 fully saturated rings. The van der Waals surface area contributed by atoms with Gasteiger partial charge < -0.3 is 14.4 Å². The molecule has 0 bridgehead atoms. The number of hydrazone groups is 1. The Bertz CT molecular complexity index is 1530. The number of H-pyrrole nitrogens is 1. The summed E-state index contributed by atoms with van der Waals surface area (Å²) in [5.74, 6) is 0.871. The van der Waals surface area contributed by atoms with Crippen molar-refractivity contribution in [3.05, 3.63) is 92.6 Å². The monoisotopic (exact) mass is 488 g/mol. The number of aryl methyl sites for hydroxylation is 2. The number of ether oxygens (including phenoxy) is 1. The van der Waals surface area contributed by atoms with Crippen LogP contribution in [0, 0.1) is 6.92 Å². The van der Waals surface area contributed by atoms with Crippen LogP contribution >= 0.6 is 0 Å². The van der Waals surface area contributed by atoms with Crippen LogP contribution in [0.4, 0.5) is 5.95 Å². The van der Waals surface area contributed by atoms with Crippen LogP contribution in [-0.2, 0) is 13.6 Å². The average molecular weight is 489 g/mol. The van der Waals surface area contributed by atoms with Crippen LogP contribution in [0.5, 0.6) is 5.75 Å². The van der Waals surface area contributed by atoms with Gasteiger partial charge in [-0.25, -0.2) is 10.2 Å². The van der Waals surface area contributed by atoms with Crippen LogP contribution < -0.4 is 21.4 Å². The highest BCUT2D eigenvalue weighted by Gasteiger charge is 2.20. The van der Waals surface area contributed by atoms with Crippen molar-refractivity contribution in [2.24, 2.45) is 12.1 Å². The molecule has 0 radical (unpaired) electrons. The van der Waals surface area contributed by atoms with E-state index in [1.807, 2.05) is 80.6 Å². The Labute approximate surface area is 207 Å². The van der Waals surface area contributed by atoms with Gasteiger partial charge in [-0.2, -0.15) is 10.1 Å². The largest absolute Gasteiger partial charge is 0.491 e. The number of nitrogens with one attached hydrogen (secondary N) is 2. The number of rotatable bonds is 9. The summed E-state index contributed by atoms with van der Waals surface area (Å²) < 4.78 is 8.50. The highest BCUT2D eigenvalue weighted by Crippen LogP contribution is 2.19. The lowest BCUT2D eigenvalue weighted by molar-refractivity contribution is 0.0935. The molecule has 36 heavy (non-hydrogen) atoms. The minimum atomic E-state index is -0.970. The molecule has 4 aromatic rings. The summed E-state index contributed by atoms with van der Waals surface area (Å²) in [6.45, 7) is 3.71. The fraction of sp³-hybridized carbons (Fsp3) is 0.231. The Balaban J connectivity index is 1.61. The van der Waals surface area contributed by atoms with E-state index in [0.29, 0.717) is 11.5 Å². The Hall–Kier alpha value is -4.44. The van der Waals surface area contributed by atoms with E-state index in [-0.39, 0.29) is 30.3 Å². The van der Waals surface area contributed by atoms with E-state index in [0.717, 1.165) is 11.1 Å². The molecule has 3 N–H and O–H groups in total. The number of nitrogens with zero attached hydrogens (tertiary/aromatic N) is 4. The zero-order chi connectivity index (χ0) is 25.7. The number of hydrogen-bond acceptors (Lipinski definition) is 7. The molecule has 0 spiro atoms. The average Bonchev–Trinajstić information content (AvgIpc) is 3.23. The first-order chi connectivity index (χ1) is 17.3. The third kappa shape index (κ3) is 5.61. The maximum atomic E-state index is 12.7. The number of benzene rings is 2. The zero-order valence-electron chi connectivity index (χ0n) is 20.3. The topological polar surface area (TPSA) is 127 Å². The molecule has 186 valence electrons. The molecule has 4 rings (SSSR count). The number of aromatic nitrogens is 4. The first kappa shape index (κ1) is 24.7. The molecule has 2 aromatic heterocycles. The van der Waals surface area contributed by atoms with E-state index >= 15 is 0 Å². The quantitative estimate of drug-likeness (QED) is 0.246. The van der Waals surface area contributed by atoms with Crippen molar-refractivity contribution in [3.63, 3.8) is 0 Å². The lowest BCUT2D eigenvalue weighted by Gasteiger charge is -2.16. The Kier molecular flexibility index (Phi) is 7.45. The summed E-state index contributed by atoms with van der Waals surface area (Å²) in [7, 11) is 1.51. The van der Waals surface area contributed by atoms with Crippen molar-refractivity contribution in [2.45, 2.75) is 26.5 Å². The maximum Gasteiger partial charge on any atom is 0.329 e. The standard InChI is InChI=1S/C26H28N6O4/c1-17-9-7-8-12-21(17)36-16-20(33)15-32-22-23(31(3)26(35)28-24(22)34)27-25(32)30-29-18(2)13-14-19-10-5-4-6-11-19/h4-14,20,33H,15-16H2,1-3H3,(H,27,30)(H,28,34,35)/b14-13+,29-18+/t20-/m1/s1. The van der Waals surface area contributed by atoms with Gasteiger partial charge in [0.25, 0.3) is 5.56 Å². The molecule has 2 heterocycles. The maximum absolute atomic E-state index is 12.7. The van der Waals surface area contributed by atoms with E-state index in [1.165, 1.54) is 16.2 Å². The molecule has 2 aromatic carbocycles. The number of aromatic amines is 1. The SMILES string of the molecule is CC(/C=C/c1ccccc1)=N\Nc1nc2c(c(=O)[nH]c(=O)n2C)n1C[C@@H](O)COc1ccccc1C. The summed E-state index contributed by atoms with van der Waals surface area (Å²) in [5, 5.41) is 15.1. The lowest BCUT2D eigenvalue weighted by Crippen LogP contribution is -2.30. The molecule has 0 saturated carbocycles. The molecule has 0 saturated heterocycles. The first-order valence-corrected chi connectivity index (χ1v) is 11.4. The summed E-state index contributed by atoms with van der Waals surface area (Å²) in [4.78, 5) is 31.5. The van der Waals surface area contributed by atoms with E-state index in [2.05, 4.69) is 20.5 Å². The number of aliphatic hydroxyl groups excluding tert-OH is 1. The number of aliphatic hydroxyl groups is 1. The van der Waals surface area contributed by atoms with Crippen molar-refractivity contribution in [1.29, 1.82) is 0 Å². The second-order valence-electron chi connectivity index (χ2n) is 8.38. The van der Waals surface area contributed by atoms with Gasteiger partial charge >= 0.3 is 5.69 Å². The van der Waals surface area contributed by atoms with Crippen molar-refractivity contribution in [2.75, 3.05) is 12.0 Å². The number of allylic oxidation sites excluding steroid dienone is 1. The van der Waals surface area contributed by atoms with Gasteiger partial charge in [0.15, 0.2) is 11.2 Å². The summed E-state index contributed by atoms with van der Waals surface area (Å²) in [5.41, 5.74) is 4.62. The third-order valence-corrected chi connectivity index (χ3v) is 5.57. The molecular formula is C26H28N6O4. The first-order valence-electron chi connectivity index (χ1n) is 11.4. The number of fused-ring (bicyclic) bond motifs is 1. The molecule has 10 heteroatoms. The lowest BCUT2D eigenvalue weighted by atomic mass is 10.2. The predicted octanol–water partition coefficient (Wildman–Crippen LogP) is 2.67. The Morgan fingerprint density at radius 2 is 1.92 bits per heavy atom. The van der Waals surface area contributed by atoms with Crippen LogP contribution in [0.15, 0.2) is 75.4 Å². The second kappa shape index (κ2) is 10.9. The third-order valence-electron chi connectivity index (χ3n) is 5.57. The van der Waals surface area contributed by atoms with Crippen LogP contribution in [-0.4, -0.2) is 42.6 Å². The number of imidazole rings is 1. The second-order valence-corrected chi connectivity index (χ2v) is 8.38. The van der Waals surface area contributed by atoms with Crippen molar-refractivity contribution in [1.82, 2.24) is 19.1 Å². The van der Waals surface area contributed by atoms with E-state index < -0.39 is 17.4 Å². The smallest absolute Gasteiger partial charge is 0.329 e. The molecule has 10 nitrogen and oxygen atoms in total. The highest BCUT2D eigenvalue weighted by atomic mass is 16.5. The van der Waals surface area contributed by atoms with Crippen molar-refractivity contribution < 1.29 is 9.84 Å². The zero-order valence-corrected chi connectivity index (χ0v) is 20.3. The molecule has 1 atom stereocenters. The van der Waals surface area contributed by atoms with Gasteiger partial charge in [0.05, 0.1) is 12.3 Å². The minimum absolute atomic E-state index is 0.00422. The van der Waals surface area contributed by atoms with E-state index in [1.54, 1.807) is 0 Å². The fourth-order valence-corrected chi connectivity index (χ4v) is 3.62. The Morgan fingerprint density at radius 3 is 2.67 bits per heavy atom. The van der Waals surface area contributed by atoms with E-state index in [9.17, 15) is 14.7 Å². The van der Waals surface area contributed by atoms with Crippen LogP contribution in [0.25, 0.3) is 17.2 Å². The van der Waals surface area contributed by atoms with Gasteiger partial charge in [0, 0.05) is 7.05 Å². The molecule has 0 aliphatic carbocycles. The van der Waals surface area contributed by atoms with Gasteiger partial charge in [0.2, 0.25) is 5.95 Å². The highest BCUT2D eigenvalue weighted by molar-refractivity contribution is 5.96. The van der Waals surface area contributed by atoms with Crippen molar-refractivity contribution >= 4 is 28.9 Å². The molecule has 0 aliphatic rings. The fourth-order valence-electron chi connectivity index (χ4n) is 3.62. The molecular weight excluding hydrogens is 460 g/mol. The summed E-state index contributed by atoms with van der Waals surface area (Å²) in [6.07, 6.45) is 2.79. The Morgan fingerprint density at radius 1 is 1.19 bits per heavy atom. The molecule has 0 amide bonds. The van der Waals surface area contributed by atoms with Crippen molar-refractivity contribution in [3.8, 4) is 5.75 Å². The number of anilines is 1. The van der Waals surface area contributed by atoms with Crippen LogP contribution in [0.3, 0.4) is 0 Å². The van der Waals surface area contributed by atoms with E-state index in [4.69, 9.17) is 4.74 Å². The van der Waals surface area contributed by atoms with Gasteiger partial charge in [0.1, 0.15) is 18.5 Å². The number of para-hydroxylation sites is 1. The van der Waals surface area contributed by atoms with Gasteiger partial charge in [-0.15, -0.1) is 0 Å². The predicted molar refractivity (Wildman–Crippen MR) is 140 cm³/mol. The normalized spacial score (nSPS) is 12.8. The molecule has 0 aliphatic heterocycles. The summed E-state index contributed by atoms with van der Waals surface area (Å²) >= 11 is 0. The van der Waals surface area contributed by atoms with Gasteiger partial charge in [-0.1, -0.05) is 54.6 Å². The van der Waals surface area contributed by atoms with Crippen LogP contribution in [0.2, 0.25) is 0 Å². The summed E-state index contributed by atoms with van der Waals surface area (Å²) in [6, 6.07) is 17.3. The number of hydrogen-bond donors (Lipinski definition) is 3. The van der Waals surface area contributed by atoms with Gasteiger partial charge in [-0.05, 0) is 37.1 Å². The molecule has 0 unspecified atom stereocenters. The van der Waals surface area contributed by atoms with Gasteiger partial charge in [-0.3, -0.25) is 14.3 Å². The van der Waals surface area contributed by atoms with Crippen LogP contribution in [0.1, 0.15) is 18.1 Å².